The van der Waals surface area contributed by atoms with Gasteiger partial charge in [0.25, 0.3) is 12.0 Å². The summed E-state index contributed by atoms with van der Waals surface area (Å²) in [5, 5.41) is 3.55. The number of hydrogen-bond donors (Lipinski definition) is 1. The van der Waals surface area contributed by atoms with Crippen LogP contribution in [0, 0.1) is 12.8 Å². The maximum absolute atomic E-state index is 13.5. The third-order valence-corrected chi connectivity index (χ3v) is 4.84. The highest BCUT2D eigenvalue weighted by Gasteiger charge is 2.39. The van der Waals surface area contributed by atoms with Gasteiger partial charge in [-0.3, -0.25) is 4.79 Å². The van der Waals surface area contributed by atoms with E-state index in [1.54, 1.807) is 0 Å². The van der Waals surface area contributed by atoms with Crippen molar-refractivity contribution in [3.8, 4) is 0 Å². The third-order valence-electron chi connectivity index (χ3n) is 4.84. The van der Waals surface area contributed by atoms with E-state index >= 15 is 0 Å². The molecule has 1 N–H and O–H groups in total. The highest BCUT2D eigenvalue weighted by atomic mass is 19.4. The zero-order chi connectivity index (χ0) is 21.5. The Morgan fingerprint density at radius 1 is 1.34 bits per heavy atom. The largest absolute Gasteiger partial charge is 0.412 e. The SMILES string of the molecule is COCC(C1=CC=C(C(F)(F)F)C(C)C1)n1nc(C(F)F)c2c(=O)[nH]c(C)nc21. The van der Waals surface area contributed by atoms with Crippen LogP contribution in [0.4, 0.5) is 22.0 Å². The molecule has 0 radical (unpaired) electrons. The maximum Gasteiger partial charge on any atom is 0.412 e. The molecule has 0 saturated heterocycles. The summed E-state index contributed by atoms with van der Waals surface area (Å²) in [7, 11) is 1.38. The van der Waals surface area contributed by atoms with Crippen molar-refractivity contribution < 1.29 is 26.7 Å². The molecule has 0 bridgehead atoms. The van der Waals surface area contributed by atoms with Gasteiger partial charge in [0.2, 0.25) is 0 Å². The lowest BCUT2D eigenvalue weighted by Crippen LogP contribution is -2.25. The quantitative estimate of drug-likeness (QED) is 0.745. The molecule has 2 aromatic rings. The molecule has 2 unspecified atom stereocenters. The Kier molecular flexibility index (Phi) is 5.61. The standard InChI is InChI=1S/C18H19F5N4O2/c1-8-6-10(4-5-11(8)18(21,22)23)12(7-29-3)27-16-13(14(26-27)15(19)20)17(28)25-9(2)24-16/h4-5,8,12,15H,6-7H2,1-3H3,(H,24,25,28). The topological polar surface area (TPSA) is 72.8 Å². The Morgan fingerprint density at radius 3 is 2.59 bits per heavy atom. The Morgan fingerprint density at radius 2 is 2.03 bits per heavy atom. The minimum atomic E-state index is -4.45. The predicted octanol–water partition coefficient (Wildman–Crippen LogP) is 4.01. The van der Waals surface area contributed by atoms with Crippen LogP contribution in [0.5, 0.6) is 0 Å². The van der Waals surface area contributed by atoms with Crippen molar-refractivity contribution in [1.29, 1.82) is 0 Å². The van der Waals surface area contributed by atoms with Crippen LogP contribution >= 0.6 is 0 Å². The molecular formula is C18H19F5N4O2. The van der Waals surface area contributed by atoms with Crippen LogP contribution in [0.2, 0.25) is 0 Å². The van der Waals surface area contributed by atoms with E-state index in [1.807, 2.05) is 0 Å². The monoisotopic (exact) mass is 418 g/mol. The Hall–Kier alpha value is -2.56. The summed E-state index contributed by atoms with van der Waals surface area (Å²) in [6.45, 7) is 2.89. The number of aryl methyl sites for hydroxylation is 1. The van der Waals surface area contributed by atoms with Crippen molar-refractivity contribution in [2.24, 2.45) is 5.92 Å². The second kappa shape index (κ2) is 7.69. The predicted molar refractivity (Wildman–Crippen MR) is 94.8 cm³/mol. The number of hydrogen-bond acceptors (Lipinski definition) is 4. The van der Waals surface area contributed by atoms with Gasteiger partial charge in [0.15, 0.2) is 5.65 Å². The zero-order valence-electron chi connectivity index (χ0n) is 15.8. The third kappa shape index (κ3) is 3.96. The number of alkyl halides is 5. The van der Waals surface area contributed by atoms with Gasteiger partial charge in [-0.15, -0.1) is 0 Å². The van der Waals surface area contributed by atoms with Gasteiger partial charge < -0.3 is 9.72 Å². The lowest BCUT2D eigenvalue weighted by atomic mass is 9.85. The van der Waals surface area contributed by atoms with Crippen LogP contribution in [-0.2, 0) is 4.74 Å². The first-order chi connectivity index (χ1) is 13.5. The van der Waals surface area contributed by atoms with Gasteiger partial charge >= 0.3 is 6.18 Å². The van der Waals surface area contributed by atoms with Crippen molar-refractivity contribution in [2.75, 3.05) is 13.7 Å². The van der Waals surface area contributed by atoms with E-state index < -0.39 is 41.4 Å². The van der Waals surface area contributed by atoms with Gasteiger partial charge in [-0.1, -0.05) is 19.1 Å². The summed E-state index contributed by atoms with van der Waals surface area (Å²) in [4.78, 5) is 18.7. The van der Waals surface area contributed by atoms with Gasteiger partial charge in [0.05, 0.1) is 12.6 Å². The Bertz CT molecular complexity index is 1040. The van der Waals surface area contributed by atoms with Crippen molar-refractivity contribution in [1.82, 2.24) is 19.7 Å². The van der Waals surface area contributed by atoms with Crippen LogP contribution in [0.3, 0.4) is 0 Å². The number of rotatable bonds is 5. The molecule has 1 aliphatic rings. The second-order valence-corrected chi connectivity index (χ2v) is 6.92. The molecular weight excluding hydrogens is 399 g/mol. The maximum atomic E-state index is 13.5. The number of H-pyrrole nitrogens is 1. The van der Waals surface area contributed by atoms with E-state index in [4.69, 9.17) is 4.74 Å². The Labute approximate surface area is 162 Å². The Balaban J connectivity index is 2.19. The van der Waals surface area contributed by atoms with Crippen LogP contribution in [-0.4, -0.2) is 39.6 Å². The molecule has 0 amide bonds. The molecule has 1 aliphatic carbocycles. The highest BCUT2D eigenvalue weighted by molar-refractivity contribution is 5.77. The van der Waals surface area contributed by atoms with Crippen molar-refractivity contribution in [2.45, 2.75) is 38.9 Å². The first kappa shape index (κ1) is 21.2. The molecule has 0 saturated carbocycles. The number of aromatic amines is 1. The molecule has 2 heterocycles. The average Bonchev–Trinajstić information content (AvgIpc) is 2.98. The molecule has 0 fully saturated rings. The van der Waals surface area contributed by atoms with Crippen LogP contribution in [0.1, 0.15) is 37.3 Å². The fraction of sp³-hybridized carbons (Fsp3) is 0.500. The number of halogens is 5. The average molecular weight is 418 g/mol. The molecule has 0 aliphatic heterocycles. The summed E-state index contributed by atoms with van der Waals surface area (Å²) in [5.74, 6) is -0.630. The van der Waals surface area contributed by atoms with Crippen LogP contribution in [0.15, 0.2) is 28.1 Å². The van der Waals surface area contributed by atoms with Crippen molar-refractivity contribution in [3.05, 3.63) is 45.2 Å². The van der Waals surface area contributed by atoms with E-state index in [2.05, 4.69) is 15.1 Å². The molecule has 158 valence electrons. The first-order valence-corrected chi connectivity index (χ1v) is 8.78. The fourth-order valence-electron chi connectivity index (χ4n) is 3.56. The summed E-state index contributed by atoms with van der Waals surface area (Å²) in [6, 6.07) is -0.794. The number of aromatic nitrogens is 4. The number of fused-ring (bicyclic) bond motifs is 1. The smallest absolute Gasteiger partial charge is 0.382 e. The molecule has 2 aromatic heterocycles. The van der Waals surface area contributed by atoms with Crippen molar-refractivity contribution >= 4 is 11.0 Å². The molecule has 0 aromatic carbocycles. The van der Waals surface area contributed by atoms with E-state index in [0.717, 1.165) is 10.8 Å². The van der Waals surface area contributed by atoms with Crippen LogP contribution < -0.4 is 5.56 Å². The second-order valence-electron chi connectivity index (χ2n) is 6.92. The normalized spacial score (nSPS) is 18.9. The van der Waals surface area contributed by atoms with Crippen molar-refractivity contribution in [3.63, 3.8) is 0 Å². The fourth-order valence-corrected chi connectivity index (χ4v) is 3.56. The van der Waals surface area contributed by atoms with E-state index in [9.17, 15) is 26.7 Å². The molecule has 0 spiro atoms. The minimum Gasteiger partial charge on any atom is -0.382 e. The first-order valence-electron chi connectivity index (χ1n) is 8.78. The lowest BCUT2D eigenvalue weighted by Gasteiger charge is -2.28. The summed E-state index contributed by atoms with van der Waals surface area (Å²) < 4.78 is 72.6. The molecule has 3 rings (SSSR count). The lowest BCUT2D eigenvalue weighted by molar-refractivity contribution is -0.0986. The number of nitrogens with one attached hydrogen (secondary N) is 1. The molecule has 11 heteroatoms. The number of methoxy groups -OCH3 is 1. The van der Waals surface area contributed by atoms with Crippen LogP contribution in [0.25, 0.3) is 11.0 Å². The van der Waals surface area contributed by atoms with Gasteiger partial charge in [-0.2, -0.15) is 18.3 Å². The minimum absolute atomic E-state index is 0.0346. The number of nitrogens with zero attached hydrogens (tertiary/aromatic N) is 3. The van der Waals surface area contributed by atoms with Gasteiger partial charge in [0, 0.05) is 12.7 Å². The summed E-state index contributed by atoms with van der Waals surface area (Å²) in [6.07, 6.45) is -5.15. The molecule has 29 heavy (non-hydrogen) atoms. The van der Waals surface area contributed by atoms with Gasteiger partial charge in [-0.05, 0) is 24.8 Å². The number of allylic oxidation sites excluding steroid dienone is 3. The van der Waals surface area contributed by atoms with Gasteiger partial charge in [0.1, 0.15) is 16.9 Å². The van der Waals surface area contributed by atoms with E-state index in [0.29, 0.717) is 5.57 Å². The van der Waals surface area contributed by atoms with Gasteiger partial charge in [-0.25, -0.2) is 18.4 Å². The van der Waals surface area contributed by atoms with E-state index in [-0.39, 0.29) is 29.9 Å². The molecule has 6 nitrogen and oxygen atoms in total. The highest BCUT2D eigenvalue weighted by Crippen LogP contribution is 2.40. The number of ether oxygens (including phenoxy) is 1. The summed E-state index contributed by atoms with van der Waals surface area (Å²) >= 11 is 0. The zero-order valence-corrected chi connectivity index (χ0v) is 15.8. The summed E-state index contributed by atoms with van der Waals surface area (Å²) in [5.41, 5.74) is -1.71. The van der Waals surface area contributed by atoms with E-state index in [1.165, 1.54) is 27.0 Å². The molecule has 2 atom stereocenters.